The minimum Gasteiger partial charge on any atom is -0.310 e. The standard InChI is InChI=1S/C56H38N2S/c1-4-16-39(17-5-1)41-30-32-42(33-31-41)43-34-36-46(37-35-43)57(47-23-14-20-44(38-47)40-18-6-2-7-19-40)52-28-12-10-24-48(52)49-26-15-27-51-54-56(59-55(49)51)50-25-11-13-29-53(50)58(54)45-21-8-3-9-22-45/h1-38H. The van der Waals surface area contributed by atoms with Gasteiger partial charge in [-0.3, -0.25) is 0 Å². The van der Waals surface area contributed by atoms with Crippen molar-refractivity contribution < 1.29 is 0 Å². The number of benzene rings is 9. The molecular formula is C56H38N2S. The van der Waals surface area contributed by atoms with Gasteiger partial charge in [-0.05, 0) is 81.9 Å². The Hall–Kier alpha value is -7.46. The number of hydrogen-bond acceptors (Lipinski definition) is 2. The Morgan fingerprint density at radius 2 is 0.847 bits per heavy atom. The van der Waals surface area contributed by atoms with E-state index in [0.29, 0.717) is 0 Å². The molecule has 0 spiro atoms. The highest BCUT2D eigenvalue weighted by molar-refractivity contribution is 7.27. The molecule has 9 aromatic carbocycles. The average molecular weight is 771 g/mol. The van der Waals surface area contributed by atoms with Crippen LogP contribution in [0.25, 0.3) is 81.4 Å². The quantitative estimate of drug-likeness (QED) is 0.149. The summed E-state index contributed by atoms with van der Waals surface area (Å²) in [4.78, 5) is 2.43. The zero-order valence-electron chi connectivity index (χ0n) is 32.2. The molecule has 0 amide bonds. The van der Waals surface area contributed by atoms with Gasteiger partial charge in [0.15, 0.2) is 0 Å². The van der Waals surface area contributed by atoms with E-state index in [0.717, 1.165) is 17.1 Å². The maximum absolute atomic E-state index is 2.44. The SMILES string of the molecule is c1ccc(-c2ccc(-c3ccc(N(c4cccc(-c5ccccc5)c4)c4ccccc4-c4cccc5c4sc4c6ccccc6n(-c6ccccc6)c54)cc3)cc2)cc1. The molecule has 0 radical (unpaired) electrons. The van der Waals surface area contributed by atoms with E-state index in [1.807, 2.05) is 11.3 Å². The van der Waals surface area contributed by atoms with Crippen molar-refractivity contribution in [3.05, 3.63) is 231 Å². The number of thiophene rings is 1. The van der Waals surface area contributed by atoms with Gasteiger partial charge in [-0.15, -0.1) is 11.3 Å². The van der Waals surface area contributed by atoms with Crippen molar-refractivity contribution in [2.75, 3.05) is 4.90 Å². The summed E-state index contributed by atoms with van der Waals surface area (Å²) >= 11 is 1.90. The summed E-state index contributed by atoms with van der Waals surface area (Å²) in [6, 6.07) is 83.4. The number of hydrogen-bond donors (Lipinski definition) is 0. The molecule has 59 heavy (non-hydrogen) atoms. The minimum atomic E-state index is 1.09. The van der Waals surface area contributed by atoms with Gasteiger partial charge in [0.2, 0.25) is 0 Å². The van der Waals surface area contributed by atoms with Gasteiger partial charge in [0.05, 0.1) is 21.4 Å². The molecule has 0 aliphatic rings. The van der Waals surface area contributed by atoms with E-state index in [-0.39, 0.29) is 0 Å². The zero-order chi connectivity index (χ0) is 39.1. The fourth-order valence-corrected chi connectivity index (χ4v) is 9.96. The smallest absolute Gasteiger partial charge is 0.0727 e. The van der Waals surface area contributed by atoms with Gasteiger partial charge in [-0.1, -0.05) is 182 Å². The molecule has 0 atom stereocenters. The molecule has 2 aromatic heterocycles. The third kappa shape index (κ3) is 6.20. The van der Waals surface area contributed by atoms with E-state index in [1.165, 1.54) is 81.4 Å². The molecule has 11 aromatic rings. The van der Waals surface area contributed by atoms with Gasteiger partial charge < -0.3 is 9.47 Å². The molecular weight excluding hydrogens is 733 g/mol. The Kier molecular flexibility index (Phi) is 8.72. The summed E-state index contributed by atoms with van der Waals surface area (Å²) in [5.74, 6) is 0. The Morgan fingerprint density at radius 3 is 1.56 bits per heavy atom. The summed E-state index contributed by atoms with van der Waals surface area (Å²) in [6.07, 6.45) is 0. The van der Waals surface area contributed by atoms with Gasteiger partial charge in [-0.2, -0.15) is 0 Å². The normalized spacial score (nSPS) is 11.4. The van der Waals surface area contributed by atoms with Crippen LogP contribution in [-0.2, 0) is 0 Å². The molecule has 11 rings (SSSR count). The number of nitrogens with zero attached hydrogens (tertiary/aromatic N) is 2. The van der Waals surface area contributed by atoms with Crippen LogP contribution in [0, 0.1) is 0 Å². The Balaban J connectivity index is 1.07. The zero-order valence-corrected chi connectivity index (χ0v) is 33.1. The first-order valence-corrected chi connectivity index (χ1v) is 20.9. The minimum absolute atomic E-state index is 1.09. The first-order chi connectivity index (χ1) is 29.3. The maximum Gasteiger partial charge on any atom is 0.0727 e. The first-order valence-electron chi connectivity index (χ1n) is 20.1. The van der Waals surface area contributed by atoms with Gasteiger partial charge in [0.25, 0.3) is 0 Å². The highest BCUT2D eigenvalue weighted by Gasteiger charge is 2.23. The van der Waals surface area contributed by atoms with Crippen LogP contribution < -0.4 is 4.90 Å². The summed E-state index contributed by atoms with van der Waals surface area (Å²) in [5.41, 5.74) is 16.6. The van der Waals surface area contributed by atoms with Gasteiger partial charge >= 0.3 is 0 Å². The number of anilines is 3. The molecule has 0 aliphatic carbocycles. The van der Waals surface area contributed by atoms with E-state index >= 15 is 0 Å². The molecule has 0 saturated heterocycles. The van der Waals surface area contributed by atoms with Crippen LogP contribution >= 0.6 is 11.3 Å². The lowest BCUT2D eigenvalue weighted by Gasteiger charge is -2.28. The lowest BCUT2D eigenvalue weighted by Crippen LogP contribution is -2.11. The highest BCUT2D eigenvalue weighted by atomic mass is 32.1. The summed E-state index contributed by atoms with van der Waals surface area (Å²) in [7, 11) is 0. The van der Waals surface area contributed by atoms with E-state index in [4.69, 9.17) is 0 Å². The number of rotatable bonds is 8. The van der Waals surface area contributed by atoms with Crippen molar-refractivity contribution in [1.82, 2.24) is 4.57 Å². The second-order valence-corrected chi connectivity index (χ2v) is 15.9. The maximum atomic E-state index is 2.44. The van der Waals surface area contributed by atoms with Crippen molar-refractivity contribution >= 4 is 59.6 Å². The van der Waals surface area contributed by atoms with Crippen LogP contribution in [0.5, 0.6) is 0 Å². The van der Waals surface area contributed by atoms with E-state index in [2.05, 4.69) is 240 Å². The molecule has 0 N–H and O–H groups in total. The second kappa shape index (κ2) is 14.8. The average Bonchev–Trinajstić information content (AvgIpc) is 3.86. The lowest BCUT2D eigenvalue weighted by atomic mass is 9.98. The van der Waals surface area contributed by atoms with Crippen LogP contribution in [-0.4, -0.2) is 4.57 Å². The van der Waals surface area contributed by atoms with Crippen LogP contribution in [0.2, 0.25) is 0 Å². The van der Waals surface area contributed by atoms with Gasteiger partial charge in [-0.25, -0.2) is 0 Å². The highest BCUT2D eigenvalue weighted by Crippen LogP contribution is 2.49. The molecule has 0 unspecified atom stereocenters. The van der Waals surface area contributed by atoms with Crippen molar-refractivity contribution in [1.29, 1.82) is 0 Å². The van der Waals surface area contributed by atoms with Crippen LogP contribution in [0.4, 0.5) is 17.1 Å². The molecule has 0 bridgehead atoms. The van der Waals surface area contributed by atoms with Crippen molar-refractivity contribution in [3.63, 3.8) is 0 Å². The van der Waals surface area contributed by atoms with Crippen LogP contribution in [0.3, 0.4) is 0 Å². The number of aromatic nitrogens is 1. The Morgan fingerprint density at radius 1 is 0.339 bits per heavy atom. The predicted octanol–water partition coefficient (Wildman–Crippen LogP) is 16.1. The molecule has 3 heteroatoms. The molecule has 2 heterocycles. The fourth-order valence-electron chi connectivity index (χ4n) is 8.62. The summed E-state index contributed by atoms with van der Waals surface area (Å²) in [5, 5.41) is 2.54. The third-order valence-electron chi connectivity index (χ3n) is 11.4. The number of fused-ring (bicyclic) bond motifs is 5. The molecule has 0 fully saturated rings. The second-order valence-electron chi connectivity index (χ2n) is 14.9. The van der Waals surface area contributed by atoms with Crippen molar-refractivity contribution in [3.8, 4) is 50.2 Å². The van der Waals surface area contributed by atoms with E-state index in [1.54, 1.807) is 0 Å². The predicted molar refractivity (Wildman–Crippen MR) is 253 cm³/mol. The van der Waals surface area contributed by atoms with E-state index < -0.39 is 0 Å². The molecule has 278 valence electrons. The topological polar surface area (TPSA) is 8.17 Å². The molecule has 0 aliphatic heterocycles. The fraction of sp³-hybridized carbons (Fsp3) is 0. The van der Waals surface area contributed by atoms with E-state index in [9.17, 15) is 0 Å². The monoisotopic (exact) mass is 770 g/mol. The van der Waals surface area contributed by atoms with Crippen LogP contribution in [0.15, 0.2) is 231 Å². The van der Waals surface area contributed by atoms with Crippen LogP contribution in [0.1, 0.15) is 0 Å². The van der Waals surface area contributed by atoms with Crippen molar-refractivity contribution in [2.24, 2.45) is 0 Å². The van der Waals surface area contributed by atoms with Crippen molar-refractivity contribution in [2.45, 2.75) is 0 Å². The Bertz CT molecular complexity index is 3240. The third-order valence-corrected chi connectivity index (χ3v) is 12.7. The summed E-state index contributed by atoms with van der Waals surface area (Å²) < 4.78 is 5.04. The van der Waals surface area contributed by atoms with Gasteiger partial charge in [0, 0.05) is 43.7 Å². The first kappa shape index (κ1) is 34.8. The number of para-hydroxylation sites is 3. The summed E-state index contributed by atoms with van der Waals surface area (Å²) in [6.45, 7) is 0. The molecule has 0 saturated carbocycles. The largest absolute Gasteiger partial charge is 0.310 e. The lowest BCUT2D eigenvalue weighted by molar-refractivity contribution is 1.19. The Labute approximate surface area is 348 Å². The molecule has 2 nitrogen and oxygen atoms in total. The van der Waals surface area contributed by atoms with Gasteiger partial charge in [0.1, 0.15) is 0 Å².